The monoisotopic (exact) mass is 444 g/mol. The largest absolute Gasteiger partial charge is 0.493 e. The predicted octanol–water partition coefficient (Wildman–Crippen LogP) is 3.85. The fourth-order valence-corrected chi connectivity index (χ4v) is 4.10. The maximum atomic E-state index is 12.3. The Balaban J connectivity index is 1.53. The number of methoxy groups -OCH3 is 2. The van der Waals surface area contributed by atoms with Crippen LogP contribution < -0.4 is 20.1 Å². The van der Waals surface area contributed by atoms with Crippen molar-refractivity contribution >= 4 is 45.7 Å². The van der Waals surface area contributed by atoms with Crippen LogP contribution in [0.3, 0.4) is 0 Å². The summed E-state index contributed by atoms with van der Waals surface area (Å²) < 4.78 is 11.0. The summed E-state index contributed by atoms with van der Waals surface area (Å²) in [7, 11) is 3.08. The number of rotatable bonds is 8. The minimum Gasteiger partial charge on any atom is -0.493 e. The van der Waals surface area contributed by atoms with Gasteiger partial charge in [0.15, 0.2) is 15.8 Å². The van der Waals surface area contributed by atoms with Crippen molar-refractivity contribution in [3.63, 3.8) is 0 Å². The van der Waals surface area contributed by atoms with E-state index in [0.717, 1.165) is 5.56 Å². The number of aryl methyl sites for hydroxylation is 1. The quantitative estimate of drug-likeness (QED) is 0.402. The molecule has 0 aliphatic heterocycles. The number of aromatic nitrogens is 2. The lowest BCUT2D eigenvalue weighted by molar-refractivity contribution is -0.113. The van der Waals surface area contributed by atoms with Crippen LogP contribution in [-0.2, 0) is 4.79 Å². The highest BCUT2D eigenvalue weighted by molar-refractivity contribution is 8.01. The van der Waals surface area contributed by atoms with Gasteiger partial charge in [0.05, 0.1) is 20.0 Å². The topological polar surface area (TPSA) is 102 Å². The Bertz CT molecular complexity index is 1050. The standard InChI is InChI=1S/C20H20N4O4S2/c1-12-6-4-5-7-14(12)18(26)22-19-23-24-20(30-19)29-11-17(25)21-13-8-9-15(27-2)16(10-13)28-3/h4-10H,11H2,1-3H3,(H,21,25)(H,22,23,26). The van der Waals surface area contributed by atoms with Crippen molar-refractivity contribution < 1.29 is 19.1 Å². The zero-order valence-corrected chi connectivity index (χ0v) is 18.2. The molecular weight excluding hydrogens is 424 g/mol. The maximum Gasteiger partial charge on any atom is 0.257 e. The van der Waals surface area contributed by atoms with E-state index in [2.05, 4.69) is 20.8 Å². The van der Waals surface area contributed by atoms with Crippen molar-refractivity contribution in [3.05, 3.63) is 53.6 Å². The molecule has 0 unspecified atom stereocenters. The summed E-state index contributed by atoms with van der Waals surface area (Å²) in [6.45, 7) is 1.87. The highest BCUT2D eigenvalue weighted by atomic mass is 32.2. The average molecular weight is 445 g/mol. The Hall–Kier alpha value is -3.11. The van der Waals surface area contributed by atoms with Gasteiger partial charge in [-0.2, -0.15) is 0 Å². The van der Waals surface area contributed by atoms with Gasteiger partial charge >= 0.3 is 0 Å². The number of ether oxygens (including phenoxy) is 2. The third-order valence-electron chi connectivity index (χ3n) is 4.01. The second-order valence-electron chi connectivity index (χ2n) is 6.05. The van der Waals surface area contributed by atoms with E-state index in [0.29, 0.717) is 32.2 Å². The number of hydrogen-bond acceptors (Lipinski definition) is 8. The fraction of sp³-hybridized carbons (Fsp3) is 0.200. The van der Waals surface area contributed by atoms with E-state index in [1.807, 2.05) is 19.1 Å². The number of anilines is 2. The molecule has 2 amide bonds. The van der Waals surface area contributed by atoms with E-state index in [9.17, 15) is 9.59 Å². The molecule has 30 heavy (non-hydrogen) atoms. The van der Waals surface area contributed by atoms with Gasteiger partial charge in [0.1, 0.15) is 0 Å². The lowest BCUT2D eigenvalue weighted by Gasteiger charge is -2.10. The molecule has 0 saturated carbocycles. The number of carbonyl (C=O) groups excluding carboxylic acids is 2. The SMILES string of the molecule is COc1ccc(NC(=O)CSc2nnc(NC(=O)c3ccccc3C)s2)cc1OC. The molecule has 156 valence electrons. The molecule has 2 N–H and O–H groups in total. The number of hydrogen-bond donors (Lipinski definition) is 2. The molecular formula is C20H20N4O4S2. The van der Waals surface area contributed by atoms with Crippen molar-refractivity contribution in [2.24, 2.45) is 0 Å². The molecule has 1 aromatic heterocycles. The predicted molar refractivity (Wildman–Crippen MR) is 118 cm³/mol. The van der Waals surface area contributed by atoms with Gasteiger partial charge in [-0.05, 0) is 30.7 Å². The van der Waals surface area contributed by atoms with Crippen LogP contribution in [0.1, 0.15) is 15.9 Å². The first-order valence-corrected chi connectivity index (χ1v) is 10.7. The van der Waals surface area contributed by atoms with Crippen molar-refractivity contribution in [2.45, 2.75) is 11.3 Å². The smallest absolute Gasteiger partial charge is 0.257 e. The van der Waals surface area contributed by atoms with Gasteiger partial charge < -0.3 is 14.8 Å². The van der Waals surface area contributed by atoms with Gasteiger partial charge in [0, 0.05) is 17.3 Å². The van der Waals surface area contributed by atoms with Gasteiger partial charge in [-0.15, -0.1) is 10.2 Å². The second kappa shape index (κ2) is 10.1. The fourth-order valence-electron chi connectivity index (χ4n) is 2.55. The Morgan fingerprint density at radius 1 is 1.03 bits per heavy atom. The van der Waals surface area contributed by atoms with Crippen LogP contribution in [0.5, 0.6) is 11.5 Å². The van der Waals surface area contributed by atoms with E-state index in [1.165, 1.54) is 30.2 Å². The Kier molecular flexibility index (Phi) is 7.26. The summed E-state index contributed by atoms with van der Waals surface area (Å²) in [6.07, 6.45) is 0. The molecule has 3 aromatic rings. The lowest BCUT2D eigenvalue weighted by atomic mass is 10.1. The van der Waals surface area contributed by atoms with E-state index >= 15 is 0 Å². The van der Waals surface area contributed by atoms with Crippen molar-refractivity contribution in [3.8, 4) is 11.5 Å². The Morgan fingerprint density at radius 2 is 1.80 bits per heavy atom. The molecule has 0 spiro atoms. The molecule has 10 heteroatoms. The molecule has 0 atom stereocenters. The number of amides is 2. The first-order valence-electron chi connectivity index (χ1n) is 8.85. The third kappa shape index (κ3) is 5.49. The van der Waals surface area contributed by atoms with Gasteiger partial charge in [-0.1, -0.05) is 41.3 Å². The van der Waals surface area contributed by atoms with Crippen LogP contribution in [0.15, 0.2) is 46.8 Å². The number of nitrogens with one attached hydrogen (secondary N) is 2. The van der Waals surface area contributed by atoms with Gasteiger partial charge in [0.2, 0.25) is 11.0 Å². The number of thioether (sulfide) groups is 1. The zero-order chi connectivity index (χ0) is 21.5. The van der Waals surface area contributed by atoms with Gasteiger partial charge in [0.25, 0.3) is 5.91 Å². The van der Waals surface area contributed by atoms with Crippen molar-refractivity contribution in [1.29, 1.82) is 0 Å². The zero-order valence-electron chi connectivity index (χ0n) is 16.6. The molecule has 2 aromatic carbocycles. The van der Waals surface area contributed by atoms with Crippen LogP contribution >= 0.6 is 23.1 Å². The van der Waals surface area contributed by atoms with Crippen LogP contribution in [0.4, 0.5) is 10.8 Å². The maximum absolute atomic E-state index is 12.3. The van der Waals surface area contributed by atoms with Crippen LogP contribution in [-0.4, -0.2) is 42.0 Å². The van der Waals surface area contributed by atoms with E-state index in [-0.39, 0.29) is 17.6 Å². The first kappa shape index (κ1) is 21.6. The minimum atomic E-state index is -0.244. The normalized spacial score (nSPS) is 10.4. The van der Waals surface area contributed by atoms with E-state index in [4.69, 9.17) is 9.47 Å². The van der Waals surface area contributed by atoms with E-state index < -0.39 is 0 Å². The summed E-state index contributed by atoms with van der Waals surface area (Å²) in [5.74, 6) is 0.814. The molecule has 0 radical (unpaired) electrons. The van der Waals surface area contributed by atoms with Crippen LogP contribution in [0.2, 0.25) is 0 Å². The van der Waals surface area contributed by atoms with Crippen LogP contribution in [0.25, 0.3) is 0 Å². The molecule has 0 bridgehead atoms. The Morgan fingerprint density at radius 3 is 2.53 bits per heavy atom. The molecule has 0 fully saturated rings. The van der Waals surface area contributed by atoms with Gasteiger partial charge in [-0.25, -0.2) is 0 Å². The molecule has 0 aliphatic carbocycles. The first-order chi connectivity index (χ1) is 14.5. The number of nitrogens with zero attached hydrogens (tertiary/aromatic N) is 2. The summed E-state index contributed by atoms with van der Waals surface area (Å²) in [5.41, 5.74) is 2.05. The van der Waals surface area contributed by atoms with Crippen molar-refractivity contribution in [1.82, 2.24) is 10.2 Å². The average Bonchev–Trinajstić information content (AvgIpc) is 3.19. The van der Waals surface area contributed by atoms with Crippen molar-refractivity contribution in [2.75, 3.05) is 30.6 Å². The summed E-state index contributed by atoms with van der Waals surface area (Å²) in [4.78, 5) is 24.6. The lowest BCUT2D eigenvalue weighted by Crippen LogP contribution is -2.14. The van der Waals surface area contributed by atoms with Gasteiger partial charge in [-0.3, -0.25) is 14.9 Å². The minimum absolute atomic E-state index is 0.148. The third-order valence-corrected chi connectivity index (χ3v) is 5.98. The summed E-state index contributed by atoms with van der Waals surface area (Å²) in [5, 5.41) is 13.9. The molecule has 1 heterocycles. The second-order valence-corrected chi connectivity index (χ2v) is 8.25. The highest BCUT2D eigenvalue weighted by Gasteiger charge is 2.13. The number of benzene rings is 2. The molecule has 0 aliphatic rings. The molecule has 3 rings (SSSR count). The molecule has 0 saturated heterocycles. The highest BCUT2D eigenvalue weighted by Crippen LogP contribution is 2.30. The summed E-state index contributed by atoms with van der Waals surface area (Å²) >= 11 is 2.45. The van der Waals surface area contributed by atoms with E-state index in [1.54, 1.807) is 37.4 Å². The number of carbonyl (C=O) groups is 2. The Labute approximate surface area is 182 Å². The molecule has 8 nitrogen and oxygen atoms in total. The van der Waals surface area contributed by atoms with Crippen LogP contribution in [0, 0.1) is 6.92 Å². The summed E-state index contributed by atoms with van der Waals surface area (Å²) in [6, 6.07) is 12.4.